The summed E-state index contributed by atoms with van der Waals surface area (Å²) in [6.07, 6.45) is 5.07. The van der Waals surface area contributed by atoms with E-state index in [2.05, 4.69) is 5.32 Å². The first kappa shape index (κ1) is 31.4. The Hall–Kier alpha value is -3.56. The van der Waals surface area contributed by atoms with Crippen LogP contribution < -0.4 is 14.4 Å². The minimum Gasteiger partial charge on any atom is -0.497 e. The van der Waals surface area contributed by atoms with Gasteiger partial charge in [-0.2, -0.15) is 0 Å². The molecule has 1 N–H and O–H groups in total. The number of benzene rings is 3. The van der Waals surface area contributed by atoms with Gasteiger partial charge < -0.3 is 15.0 Å². The number of ether oxygens (including phenoxy) is 1. The molecule has 1 fully saturated rings. The highest BCUT2D eigenvalue weighted by Crippen LogP contribution is 2.27. The maximum Gasteiger partial charge on any atom is 0.264 e. The number of nitrogens with one attached hydrogen (secondary N) is 1. The molecule has 0 heterocycles. The Labute approximate surface area is 253 Å². The third kappa shape index (κ3) is 7.83. The Bertz CT molecular complexity index is 1470. The summed E-state index contributed by atoms with van der Waals surface area (Å²) in [4.78, 5) is 29.0. The van der Waals surface area contributed by atoms with Gasteiger partial charge in [-0.05, 0) is 74.7 Å². The lowest BCUT2D eigenvalue weighted by molar-refractivity contribution is -0.139. The monoisotopic (exact) mass is 611 g/mol. The molecule has 10 heteroatoms. The number of carbonyl (C=O) groups is 2. The normalized spacial score (nSPS) is 14.6. The van der Waals surface area contributed by atoms with Crippen LogP contribution >= 0.6 is 11.6 Å². The zero-order valence-electron chi connectivity index (χ0n) is 24.3. The van der Waals surface area contributed by atoms with Gasteiger partial charge in [0, 0.05) is 17.6 Å². The van der Waals surface area contributed by atoms with Crippen molar-refractivity contribution in [2.24, 2.45) is 0 Å². The SMILES string of the molecule is COc1ccc(CN(C(=O)CN(c2cccc(Cl)c2)S(=O)(=O)c2ccc(C)cc2)[C@@H](C)C(=O)NC2CCCCC2)cc1. The highest BCUT2D eigenvalue weighted by molar-refractivity contribution is 7.92. The first-order chi connectivity index (χ1) is 20.1. The minimum absolute atomic E-state index is 0.0469. The molecular weight excluding hydrogens is 574 g/mol. The number of hydrogen-bond acceptors (Lipinski definition) is 5. The lowest BCUT2D eigenvalue weighted by Gasteiger charge is -2.33. The van der Waals surface area contributed by atoms with Crippen molar-refractivity contribution in [2.45, 2.75) is 69.5 Å². The van der Waals surface area contributed by atoms with Gasteiger partial charge in [-0.25, -0.2) is 8.42 Å². The summed E-state index contributed by atoms with van der Waals surface area (Å²) in [7, 11) is -2.59. The smallest absolute Gasteiger partial charge is 0.264 e. The average molecular weight is 612 g/mol. The van der Waals surface area contributed by atoms with E-state index in [1.54, 1.807) is 56.5 Å². The van der Waals surface area contributed by atoms with E-state index < -0.39 is 28.5 Å². The lowest BCUT2D eigenvalue weighted by atomic mass is 9.95. The molecule has 0 aliphatic heterocycles. The van der Waals surface area contributed by atoms with Crippen LogP contribution in [0.15, 0.2) is 77.7 Å². The van der Waals surface area contributed by atoms with Gasteiger partial charge in [0.05, 0.1) is 17.7 Å². The van der Waals surface area contributed by atoms with Crippen LogP contribution in [0.5, 0.6) is 5.75 Å². The second kappa shape index (κ2) is 14.1. The van der Waals surface area contributed by atoms with E-state index in [1.165, 1.54) is 23.1 Å². The first-order valence-corrected chi connectivity index (χ1v) is 16.0. The molecule has 1 aliphatic rings. The summed E-state index contributed by atoms with van der Waals surface area (Å²) < 4.78 is 34.2. The van der Waals surface area contributed by atoms with Crippen LogP contribution in [0.25, 0.3) is 0 Å². The molecule has 3 aromatic carbocycles. The molecule has 1 aliphatic carbocycles. The van der Waals surface area contributed by atoms with E-state index in [4.69, 9.17) is 16.3 Å². The fraction of sp³-hybridized carbons (Fsp3) is 0.375. The van der Waals surface area contributed by atoms with Crippen LogP contribution in [0.4, 0.5) is 5.69 Å². The summed E-state index contributed by atoms with van der Waals surface area (Å²) in [5.41, 5.74) is 1.93. The molecule has 42 heavy (non-hydrogen) atoms. The fourth-order valence-electron chi connectivity index (χ4n) is 5.08. The van der Waals surface area contributed by atoms with Crippen LogP contribution in [-0.4, -0.2) is 50.9 Å². The van der Waals surface area contributed by atoms with Crippen LogP contribution in [0.1, 0.15) is 50.2 Å². The fourth-order valence-corrected chi connectivity index (χ4v) is 6.67. The van der Waals surface area contributed by atoms with Gasteiger partial charge in [0.25, 0.3) is 10.0 Å². The largest absolute Gasteiger partial charge is 0.497 e. The highest BCUT2D eigenvalue weighted by atomic mass is 35.5. The minimum atomic E-state index is -4.16. The third-order valence-corrected chi connectivity index (χ3v) is 9.64. The number of halogens is 1. The van der Waals surface area contributed by atoms with Crippen molar-refractivity contribution in [3.05, 3.63) is 88.9 Å². The van der Waals surface area contributed by atoms with Gasteiger partial charge in [0.1, 0.15) is 18.3 Å². The van der Waals surface area contributed by atoms with Crippen molar-refractivity contribution in [2.75, 3.05) is 18.0 Å². The molecule has 0 radical (unpaired) electrons. The van der Waals surface area contributed by atoms with E-state index in [1.807, 2.05) is 19.1 Å². The third-order valence-electron chi connectivity index (χ3n) is 7.61. The van der Waals surface area contributed by atoms with Gasteiger partial charge in [-0.3, -0.25) is 13.9 Å². The zero-order chi connectivity index (χ0) is 30.3. The predicted molar refractivity (Wildman–Crippen MR) is 165 cm³/mol. The number of anilines is 1. The summed E-state index contributed by atoms with van der Waals surface area (Å²) in [5, 5.41) is 3.44. The van der Waals surface area contributed by atoms with E-state index in [-0.39, 0.29) is 29.1 Å². The number of methoxy groups -OCH3 is 1. The van der Waals surface area contributed by atoms with E-state index in [0.717, 1.165) is 47.5 Å². The molecule has 0 spiro atoms. The van der Waals surface area contributed by atoms with Crippen molar-refractivity contribution in [3.63, 3.8) is 0 Å². The maximum atomic E-state index is 14.1. The van der Waals surface area contributed by atoms with Crippen LogP contribution in [-0.2, 0) is 26.2 Å². The summed E-state index contributed by atoms with van der Waals surface area (Å²) in [5.74, 6) is -0.122. The van der Waals surface area contributed by atoms with Gasteiger partial charge >= 0.3 is 0 Å². The van der Waals surface area contributed by atoms with Crippen LogP contribution in [0.3, 0.4) is 0 Å². The quantitative estimate of drug-likeness (QED) is 0.299. The number of aryl methyl sites for hydroxylation is 1. The zero-order valence-corrected chi connectivity index (χ0v) is 25.8. The number of sulfonamides is 1. The Morgan fingerprint density at radius 2 is 1.67 bits per heavy atom. The van der Waals surface area contributed by atoms with Gasteiger partial charge in [0.15, 0.2) is 0 Å². The molecule has 1 saturated carbocycles. The molecular formula is C32H38ClN3O5S. The molecule has 0 saturated heterocycles. The second-order valence-electron chi connectivity index (χ2n) is 10.7. The molecule has 8 nitrogen and oxygen atoms in total. The number of hydrogen-bond donors (Lipinski definition) is 1. The van der Waals surface area contributed by atoms with Gasteiger partial charge in [-0.15, -0.1) is 0 Å². The lowest BCUT2D eigenvalue weighted by Crippen LogP contribution is -2.53. The standard InChI is InChI=1S/C32H38ClN3O5S/c1-23-12-18-30(19-13-23)42(39,40)36(28-11-7-8-26(33)20-28)22-31(37)35(21-25-14-16-29(41-3)17-15-25)24(2)32(38)34-27-9-5-4-6-10-27/h7-8,11-20,24,27H,4-6,9-10,21-22H2,1-3H3,(H,34,38)/t24-/m0/s1. The number of carbonyl (C=O) groups excluding carboxylic acids is 2. The molecule has 0 bridgehead atoms. The van der Waals surface area contributed by atoms with Crippen LogP contribution in [0, 0.1) is 6.92 Å². The van der Waals surface area contributed by atoms with Crippen molar-refractivity contribution >= 4 is 39.1 Å². The second-order valence-corrected chi connectivity index (χ2v) is 13.0. The van der Waals surface area contributed by atoms with Crippen molar-refractivity contribution in [1.29, 1.82) is 0 Å². The van der Waals surface area contributed by atoms with Crippen molar-refractivity contribution < 1.29 is 22.7 Å². The molecule has 0 unspecified atom stereocenters. The van der Waals surface area contributed by atoms with E-state index >= 15 is 0 Å². The van der Waals surface area contributed by atoms with Gasteiger partial charge in [0.2, 0.25) is 11.8 Å². The predicted octanol–water partition coefficient (Wildman–Crippen LogP) is 5.72. The molecule has 224 valence electrons. The number of nitrogens with zero attached hydrogens (tertiary/aromatic N) is 2. The van der Waals surface area contributed by atoms with E-state index in [0.29, 0.717) is 10.8 Å². The van der Waals surface area contributed by atoms with Crippen molar-refractivity contribution in [3.8, 4) is 5.75 Å². The van der Waals surface area contributed by atoms with Crippen molar-refractivity contribution in [1.82, 2.24) is 10.2 Å². The molecule has 1 atom stereocenters. The maximum absolute atomic E-state index is 14.1. The highest BCUT2D eigenvalue weighted by Gasteiger charge is 2.33. The number of rotatable bonds is 11. The molecule has 0 aromatic heterocycles. The van der Waals surface area contributed by atoms with E-state index in [9.17, 15) is 18.0 Å². The molecule has 3 aromatic rings. The Morgan fingerprint density at radius 1 is 1.00 bits per heavy atom. The van der Waals surface area contributed by atoms with Gasteiger partial charge in [-0.1, -0.05) is 66.8 Å². The Morgan fingerprint density at radius 3 is 2.29 bits per heavy atom. The molecule has 2 amide bonds. The Kier molecular flexibility index (Phi) is 10.5. The first-order valence-electron chi connectivity index (χ1n) is 14.2. The average Bonchev–Trinajstić information content (AvgIpc) is 2.99. The summed E-state index contributed by atoms with van der Waals surface area (Å²) >= 11 is 6.24. The molecule has 4 rings (SSSR count). The van der Waals surface area contributed by atoms with Crippen LogP contribution in [0.2, 0.25) is 5.02 Å². The summed E-state index contributed by atoms with van der Waals surface area (Å²) in [6, 6.07) is 19.3. The Balaban J connectivity index is 1.67. The topological polar surface area (TPSA) is 96.0 Å². The number of amides is 2. The summed E-state index contributed by atoms with van der Waals surface area (Å²) in [6.45, 7) is 3.13.